The summed E-state index contributed by atoms with van der Waals surface area (Å²) in [6, 6.07) is 11.8. The van der Waals surface area contributed by atoms with E-state index in [0.717, 1.165) is 42.3 Å². The highest BCUT2D eigenvalue weighted by Gasteiger charge is 2.27. The van der Waals surface area contributed by atoms with E-state index in [-0.39, 0.29) is 11.8 Å². The zero-order chi connectivity index (χ0) is 20.2. The zero-order valence-electron chi connectivity index (χ0n) is 16.8. The van der Waals surface area contributed by atoms with Gasteiger partial charge in [-0.05, 0) is 36.5 Å². The van der Waals surface area contributed by atoms with Gasteiger partial charge in [-0.15, -0.1) is 0 Å². The number of nitrogens with one attached hydrogen (secondary N) is 1. The van der Waals surface area contributed by atoms with Crippen molar-refractivity contribution in [2.24, 2.45) is 5.92 Å². The molecule has 2 aromatic heterocycles. The Balaban J connectivity index is 1.48. The van der Waals surface area contributed by atoms with Crippen molar-refractivity contribution < 1.29 is 4.79 Å². The lowest BCUT2D eigenvalue weighted by Gasteiger charge is -2.33. The van der Waals surface area contributed by atoms with Crippen LogP contribution in [-0.2, 0) is 4.79 Å². The first-order valence-corrected chi connectivity index (χ1v) is 10.1. The highest BCUT2D eigenvalue weighted by molar-refractivity contribution is 5.93. The summed E-state index contributed by atoms with van der Waals surface area (Å²) in [5, 5.41) is 7.38. The molecule has 7 nitrogen and oxygen atoms in total. The molecule has 0 saturated carbocycles. The quantitative estimate of drug-likeness (QED) is 0.720. The molecule has 1 N–H and O–H groups in total. The van der Waals surface area contributed by atoms with Gasteiger partial charge in [0.05, 0.1) is 5.92 Å². The van der Waals surface area contributed by atoms with Crippen molar-refractivity contribution >= 4 is 17.4 Å². The average molecular weight is 390 g/mol. The van der Waals surface area contributed by atoms with Crippen molar-refractivity contribution in [2.75, 3.05) is 23.3 Å². The lowest BCUT2D eigenvalue weighted by molar-refractivity contribution is -0.120. The second-order valence-corrected chi connectivity index (χ2v) is 7.70. The Morgan fingerprint density at radius 1 is 1.17 bits per heavy atom. The van der Waals surface area contributed by atoms with Gasteiger partial charge in [0, 0.05) is 37.2 Å². The van der Waals surface area contributed by atoms with Crippen molar-refractivity contribution in [1.29, 1.82) is 0 Å². The van der Waals surface area contributed by atoms with Gasteiger partial charge in [-0.25, -0.2) is 14.6 Å². The molecule has 1 amide bonds. The first-order valence-electron chi connectivity index (χ1n) is 10.1. The summed E-state index contributed by atoms with van der Waals surface area (Å²) in [4.78, 5) is 23.9. The van der Waals surface area contributed by atoms with Crippen LogP contribution in [0.1, 0.15) is 38.2 Å². The molecule has 3 aromatic rings. The summed E-state index contributed by atoms with van der Waals surface area (Å²) in [6.45, 7) is 5.80. The SMILES string of the molecule is CC(C)c1ccccc1NC(=O)[C@@H]1CCCN(c2cc(-n3cccn3)ncn2)C1. The van der Waals surface area contributed by atoms with E-state index in [1.165, 1.54) is 0 Å². The number of anilines is 2. The van der Waals surface area contributed by atoms with Gasteiger partial charge in [-0.1, -0.05) is 32.0 Å². The van der Waals surface area contributed by atoms with Crippen LogP contribution in [0, 0.1) is 5.92 Å². The number of piperidine rings is 1. The van der Waals surface area contributed by atoms with E-state index in [9.17, 15) is 4.79 Å². The number of amides is 1. The van der Waals surface area contributed by atoms with E-state index in [4.69, 9.17) is 0 Å². The molecule has 0 bridgehead atoms. The number of carbonyl (C=O) groups is 1. The van der Waals surface area contributed by atoms with Crippen LogP contribution < -0.4 is 10.2 Å². The van der Waals surface area contributed by atoms with E-state index in [0.29, 0.717) is 12.5 Å². The molecule has 7 heteroatoms. The number of aromatic nitrogens is 4. The summed E-state index contributed by atoms with van der Waals surface area (Å²) >= 11 is 0. The van der Waals surface area contributed by atoms with Crippen LogP contribution in [0.5, 0.6) is 0 Å². The molecule has 1 aliphatic rings. The van der Waals surface area contributed by atoms with Crippen LogP contribution in [0.2, 0.25) is 0 Å². The van der Waals surface area contributed by atoms with E-state index in [2.05, 4.69) is 45.2 Å². The molecule has 1 fully saturated rings. The third-order valence-electron chi connectivity index (χ3n) is 5.33. The molecule has 1 aliphatic heterocycles. The Hall–Kier alpha value is -3.22. The molecule has 1 atom stereocenters. The normalized spacial score (nSPS) is 16.8. The molecular weight excluding hydrogens is 364 g/mol. The fourth-order valence-electron chi connectivity index (χ4n) is 3.79. The molecule has 0 unspecified atom stereocenters. The molecule has 3 heterocycles. The highest BCUT2D eigenvalue weighted by atomic mass is 16.1. The van der Waals surface area contributed by atoms with Gasteiger partial charge in [0.2, 0.25) is 5.91 Å². The maximum atomic E-state index is 13.0. The lowest BCUT2D eigenvalue weighted by atomic mass is 9.96. The number of hydrogen-bond acceptors (Lipinski definition) is 5. The number of benzene rings is 1. The topological polar surface area (TPSA) is 75.9 Å². The predicted octanol–water partition coefficient (Wildman–Crippen LogP) is 3.64. The summed E-state index contributed by atoms with van der Waals surface area (Å²) in [7, 11) is 0. The fraction of sp³-hybridized carbons (Fsp3) is 0.364. The first kappa shape index (κ1) is 19.1. The van der Waals surface area contributed by atoms with Crippen LogP contribution >= 0.6 is 0 Å². The van der Waals surface area contributed by atoms with Crippen LogP contribution in [-0.4, -0.2) is 38.7 Å². The maximum absolute atomic E-state index is 13.0. The number of carbonyl (C=O) groups excluding carboxylic acids is 1. The van der Waals surface area contributed by atoms with E-state index in [1.54, 1.807) is 17.2 Å². The van der Waals surface area contributed by atoms with Crippen molar-refractivity contribution in [3.05, 3.63) is 60.7 Å². The molecule has 0 radical (unpaired) electrons. The lowest BCUT2D eigenvalue weighted by Crippen LogP contribution is -2.41. The molecule has 4 rings (SSSR count). The molecular formula is C22H26N6O. The van der Waals surface area contributed by atoms with E-state index >= 15 is 0 Å². The molecule has 150 valence electrons. The van der Waals surface area contributed by atoms with Gasteiger partial charge < -0.3 is 10.2 Å². The Morgan fingerprint density at radius 3 is 2.79 bits per heavy atom. The summed E-state index contributed by atoms with van der Waals surface area (Å²) < 4.78 is 1.71. The molecule has 0 spiro atoms. The average Bonchev–Trinajstić information content (AvgIpc) is 3.29. The van der Waals surface area contributed by atoms with Crippen molar-refractivity contribution in [1.82, 2.24) is 19.7 Å². The second-order valence-electron chi connectivity index (χ2n) is 7.70. The van der Waals surface area contributed by atoms with E-state index in [1.807, 2.05) is 36.5 Å². The van der Waals surface area contributed by atoms with Gasteiger partial charge in [0.15, 0.2) is 5.82 Å². The van der Waals surface area contributed by atoms with Gasteiger partial charge in [-0.3, -0.25) is 4.79 Å². The molecule has 29 heavy (non-hydrogen) atoms. The van der Waals surface area contributed by atoms with Crippen LogP contribution in [0.15, 0.2) is 55.1 Å². The number of rotatable bonds is 5. The summed E-state index contributed by atoms with van der Waals surface area (Å²) in [6.07, 6.45) is 6.95. The Kier molecular flexibility index (Phi) is 5.55. The molecule has 1 saturated heterocycles. The van der Waals surface area contributed by atoms with Crippen LogP contribution in [0.3, 0.4) is 0 Å². The fourth-order valence-corrected chi connectivity index (χ4v) is 3.79. The number of para-hydroxylation sites is 1. The van der Waals surface area contributed by atoms with Gasteiger partial charge in [0.25, 0.3) is 0 Å². The third-order valence-corrected chi connectivity index (χ3v) is 5.33. The minimum absolute atomic E-state index is 0.0733. The van der Waals surface area contributed by atoms with Gasteiger partial charge >= 0.3 is 0 Å². The highest BCUT2D eigenvalue weighted by Crippen LogP contribution is 2.27. The first-order chi connectivity index (χ1) is 14.1. The number of nitrogens with zero attached hydrogens (tertiary/aromatic N) is 5. The Labute approximate surface area is 170 Å². The Morgan fingerprint density at radius 2 is 2.00 bits per heavy atom. The largest absolute Gasteiger partial charge is 0.356 e. The van der Waals surface area contributed by atoms with Crippen LogP contribution in [0.25, 0.3) is 5.82 Å². The molecule has 1 aromatic carbocycles. The standard InChI is InChI=1S/C22H26N6O/c1-16(2)18-8-3-4-9-19(18)26-22(29)17-7-5-11-27(14-17)20-13-21(24-15-23-20)28-12-6-10-25-28/h3-4,6,8-10,12-13,15-17H,5,7,11,14H2,1-2H3,(H,26,29)/t17-/m1/s1. The Bertz CT molecular complexity index is 969. The van der Waals surface area contributed by atoms with Crippen molar-refractivity contribution in [2.45, 2.75) is 32.6 Å². The summed E-state index contributed by atoms with van der Waals surface area (Å²) in [5.41, 5.74) is 2.07. The molecule has 0 aliphatic carbocycles. The van der Waals surface area contributed by atoms with Gasteiger partial charge in [0.1, 0.15) is 12.1 Å². The third kappa shape index (κ3) is 4.29. The second kappa shape index (κ2) is 8.43. The summed E-state index contributed by atoms with van der Waals surface area (Å²) in [5.74, 6) is 1.90. The zero-order valence-corrected chi connectivity index (χ0v) is 16.8. The smallest absolute Gasteiger partial charge is 0.229 e. The maximum Gasteiger partial charge on any atom is 0.229 e. The predicted molar refractivity (Wildman–Crippen MR) is 113 cm³/mol. The minimum Gasteiger partial charge on any atom is -0.356 e. The van der Waals surface area contributed by atoms with Gasteiger partial charge in [-0.2, -0.15) is 5.10 Å². The van der Waals surface area contributed by atoms with Crippen molar-refractivity contribution in [3.63, 3.8) is 0 Å². The monoisotopic (exact) mass is 390 g/mol. The van der Waals surface area contributed by atoms with Crippen LogP contribution in [0.4, 0.5) is 11.5 Å². The van der Waals surface area contributed by atoms with E-state index < -0.39 is 0 Å². The van der Waals surface area contributed by atoms with Crippen molar-refractivity contribution in [3.8, 4) is 5.82 Å². The number of hydrogen-bond donors (Lipinski definition) is 1. The minimum atomic E-state index is -0.0768.